The van der Waals surface area contributed by atoms with E-state index in [0.29, 0.717) is 21.3 Å². The zero-order valence-electron chi connectivity index (χ0n) is 14.1. The quantitative estimate of drug-likeness (QED) is 0.599. The maximum absolute atomic E-state index is 12.9. The summed E-state index contributed by atoms with van der Waals surface area (Å²) < 4.78 is 0. The Morgan fingerprint density at radius 1 is 1.08 bits per heavy atom. The van der Waals surface area contributed by atoms with E-state index in [1.165, 1.54) is 6.08 Å². The van der Waals surface area contributed by atoms with Crippen LogP contribution >= 0.6 is 23.2 Å². The Hall–Kier alpha value is -2.56. The second-order valence-corrected chi connectivity index (χ2v) is 6.72. The average Bonchev–Trinajstić information content (AvgIpc) is 2.82. The molecular formula is C20H16Cl2N2O2. The first-order valence-corrected chi connectivity index (χ1v) is 8.68. The van der Waals surface area contributed by atoms with Crippen LogP contribution in [0.15, 0.2) is 60.8 Å². The second kappa shape index (κ2) is 7.36. The monoisotopic (exact) mass is 386 g/mol. The van der Waals surface area contributed by atoms with Gasteiger partial charge in [0.05, 0.1) is 10.6 Å². The van der Waals surface area contributed by atoms with Crippen molar-refractivity contribution >= 4 is 46.3 Å². The summed E-state index contributed by atoms with van der Waals surface area (Å²) in [6, 6.07) is 12.3. The van der Waals surface area contributed by atoms with Crippen LogP contribution in [-0.4, -0.2) is 23.3 Å². The molecule has 1 heterocycles. The second-order valence-electron chi connectivity index (χ2n) is 5.87. The van der Waals surface area contributed by atoms with E-state index in [1.54, 1.807) is 18.2 Å². The number of halogens is 2. The van der Waals surface area contributed by atoms with Gasteiger partial charge in [0.1, 0.15) is 5.70 Å². The molecule has 26 heavy (non-hydrogen) atoms. The highest BCUT2D eigenvalue weighted by molar-refractivity contribution is 6.41. The molecule has 2 aromatic rings. The molecule has 1 aliphatic rings. The number of rotatable bonds is 5. The van der Waals surface area contributed by atoms with E-state index in [4.69, 9.17) is 23.2 Å². The van der Waals surface area contributed by atoms with Gasteiger partial charge in [-0.25, -0.2) is 0 Å². The van der Waals surface area contributed by atoms with Crippen LogP contribution < -0.4 is 5.32 Å². The normalized spacial score (nSPS) is 14.2. The van der Waals surface area contributed by atoms with Crippen LogP contribution in [0, 0.1) is 6.92 Å². The third kappa shape index (κ3) is 3.39. The predicted molar refractivity (Wildman–Crippen MR) is 105 cm³/mol. The number of nitrogens with zero attached hydrogens (tertiary/aromatic N) is 1. The summed E-state index contributed by atoms with van der Waals surface area (Å²) in [6.45, 7) is 5.70. The van der Waals surface area contributed by atoms with E-state index in [0.717, 1.165) is 10.5 Å². The molecule has 0 aliphatic carbocycles. The molecule has 4 nitrogen and oxygen atoms in total. The fraction of sp³-hybridized carbons (Fsp3) is 0.100. The van der Waals surface area contributed by atoms with Gasteiger partial charge in [0.15, 0.2) is 0 Å². The van der Waals surface area contributed by atoms with Crippen molar-refractivity contribution in [1.29, 1.82) is 0 Å². The summed E-state index contributed by atoms with van der Waals surface area (Å²) in [6.07, 6.45) is 1.51. The Kier molecular flexibility index (Phi) is 5.16. The number of aryl methyl sites for hydroxylation is 1. The summed E-state index contributed by atoms with van der Waals surface area (Å²) in [5.41, 5.74) is 2.65. The van der Waals surface area contributed by atoms with Crippen LogP contribution in [0.25, 0.3) is 5.57 Å². The highest BCUT2D eigenvalue weighted by Crippen LogP contribution is 2.35. The Morgan fingerprint density at radius 3 is 2.38 bits per heavy atom. The van der Waals surface area contributed by atoms with Gasteiger partial charge in [-0.2, -0.15) is 0 Å². The third-order valence-electron chi connectivity index (χ3n) is 4.00. The summed E-state index contributed by atoms with van der Waals surface area (Å²) >= 11 is 12.2. The van der Waals surface area contributed by atoms with Gasteiger partial charge in [-0.1, -0.05) is 53.0 Å². The molecule has 0 bridgehead atoms. The smallest absolute Gasteiger partial charge is 0.278 e. The lowest BCUT2D eigenvalue weighted by molar-refractivity contribution is -0.136. The van der Waals surface area contributed by atoms with Crippen molar-refractivity contribution in [1.82, 2.24) is 4.90 Å². The van der Waals surface area contributed by atoms with E-state index in [1.807, 2.05) is 31.2 Å². The summed E-state index contributed by atoms with van der Waals surface area (Å²) in [5, 5.41) is 3.82. The van der Waals surface area contributed by atoms with Crippen LogP contribution in [0.4, 0.5) is 5.69 Å². The zero-order valence-corrected chi connectivity index (χ0v) is 15.6. The number of benzene rings is 2. The van der Waals surface area contributed by atoms with Gasteiger partial charge in [0.25, 0.3) is 11.8 Å². The SMILES string of the molecule is C=CCN1C(=O)C(Nc2ccc(C)cc2)=C(c2ccc(Cl)cc2Cl)C1=O. The van der Waals surface area contributed by atoms with Crippen molar-refractivity contribution in [3.05, 3.63) is 82.0 Å². The maximum Gasteiger partial charge on any atom is 0.278 e. The third-order valence-corrected chi connectivity index (χ3v) is 4.55. The highest BCUT2D eigenvalue weighted by atomic mass is 35.5. The molecule has 0 aromatic heterocycles. The number of hydrogen-bond acceptors (Lipinski definition) is 3. The summed E-state index contributed by atoms with van der Waals surface area (Å²) in [7, 11) is 0. The molecule has 2 aromatic carbocycles. The van der Waals surface area contributed by atoms with Crippen LogP contribution in [0.2, 0.25) is 10.0 Å². The molecule has 6 heteroatoms. The van der Waals surface area contributed by atoms with E-state index < -0.39 is 11.8 Å². The Morgan fingerprint density at radius 2 is 1.77 bits per heavy atom. The molecule has 0 atom stereocenters. The lowest BCUT2D eigenvalue weighted by atomic mass is 10.0. The first kappa shape index (κ1) is 18.2. The fourth-order valence-corrected chi connectivity index (χ4v) is 3.21. The molecule has 0 radical (unpaired) electrons. The summed E-state index contributed by atoms with van der Waals surface area (Å²) in [4.78, 5) is 26.8. The molecule has 0 unspecified atom stereocenters. The van der Waals surface area contributed by atoms with Gasteiger partial charge in [-0.3, -0.25) is 14.5 Å². The van der Waals surface area contributed by atoms with Crippen LogP contribution in [0.5, 0.6) is 0 Å². The van der Waals surface area contributed by atoms with Crippen LogP contribution in [0.1, 0.15) is 11.1 Å². The standard InChI is InChI=1S/C20H16Cl2N2O2/c1-3-10-24-19(25)17(15-9-6-13(21)11-16(15)22)18(20(24)26)23-14-7-4-12(2)5-8-14/h3-9,11,23H,1,10H2,2H3. The van der Waals surface area contributed by atoms with E-state index in [9.17, 15) is 9.59 Å². The van der Waals surface area contributed by atoms with E-state index in [2.05, 4.69) is 11.9 Å². The van der Waals surface area contributed by atoms with Crippen molar-refractivity contribution in [2.24, 2.45) is 0 Å². The van der Waals surface area contributed by atoms with Crippen molar-refractivity contribution < 1.29 is 9.59 Å². The van der Waals surface area contributed by atoms with E-state index >= 15 is 0 Å². The molecule has 2 amide bonds. The molecule has 0 saturated carbocycles. The minimum Gasteiger partial charge on any atom is -0.350 e. The number of carbonyl (C=O) groups is 2. The lowest BCUT2D eigenvalue weighted by Crippen LogP contribution is -2.32. The first-order chi connectivity index (χ1) is 12.4. The molecule has 3 rings (SSSR count). The van der Waals surface area contributed by atoms with Gasteiger partial charge in [0, 0.05) is 22.8 Å². The van der Waals surface area contributed by atoms with Crippen molar-refractivity contribution in [3.63, 3.8) is 0 Å². The highest BCUT2D eigenvalue weighted by Gasteiger charge is 2.39. The summed E-state index contributed by atoms with van der Waals surface area (Å²) in [5.74, 6) is -0.842. The number of amides is 2. The van der Waals surface area contributed by atoms with Crippen LogP contribution in [-0.2, 0) is 9.59 Å². The molecule has 1 N–H and O–H groups in total. The van der Waals surface area contributed by atoms with Crippen molar-refractivity contribution in [3.8, 4) is 0 Å². The minimum absolute atomic E-state index is 0.117. The maximum atomic E-state index is 12.9. The molecular weight excluding hydrogens is 371 g/mol. The lowest BCUT2D eigenvalue weighted by Gasteiger charge is -2.12. The van der Waals surface area contributed by atoms with Gasteiger partial charge < -0.3 is 5.32 Å². The molecule has 0 fully saturated rings. The number of anilines is 1. The van der Waals surface area contributed by atoms with Gasteiger partial charge in [0.2, 0.25) is 0 Å². The zero-order chi connectivity index (χ0) is 18.8. The Labute approximate surface area is 161 Å². The minimum atomic E-state index is -0.422. The van der Waals surface area contributed by atoms with Gasteiger partial charge in [-0.15, -0.1) is 6.58 Å². The van der Waals surface area contributed by atoms with Crippen molar-refractivity contribution in [2.75, 3.05) is 11.9 Å². The largest absolute Gasteiger partial charge is 0.350 e. The van der Waals surface area contributed by atoms with E-state index in [-0.39, 0.29) is 17.8 Å². The first-order valence-electron chi connectivity index (χ1n) is 7.93. The molecule has 0 saturated heterocycles. The molecule has 0 spiro atoms. The molecule has 132 valence electrons. The Balaban J connectivity index is 2.12. The van der Waals surface area contributed by atoms with Crippen molar-refractivity contribution in [2.45, 2.75) is 6.92 Å². The number of hydrogen-bond donors (Lipinski definition) is 1. The number of nitrogens with one attached hydrogen (secondary N) is 1. The van der Waals surface area contributed by atoms with Gasteiger partial charge >= 0.3 is 0 Å². The topological polar surface area (TPSA) is 49.4 Å². The number of carbonyl (C=O) groups excluding carboxylic acids is 2. The van der Waals surface area contributed by atoms with Crippen LogP contribution in [0.3, 0.4) is 0 Å². The fourth-order valence-electron chi connectivity index (χ4n) is 2.71. The molecule has 1 aliphatic heterocycles. The van der Waals surface area contributed by atoms with Gasteiger partial charge in [-0.05, 0) is 31.2 Å². The predicted octanol–water partition coefficient (Wildman–Crippen LogP) is 4.68. The Bertz CT molecular complexity index is 933. The number of imide groups is 1. The average molecular weight is 387 g/mol.